The van der Waals surface area contributed by atoms with Gasteiger partial charge in [0.2, 0.25) is 0 Å². The summed E-state index contributed by atoms with van der Waals surface area (Å²) in [4.78, 5) is 8.58. The average molecular weight is 329 g/mol. The molecule has 3 heterocycles. The third-order valence-electron chi connectivity index (χ3n) is 4.09. The summed E-state index contributed by atoms with van der Waals surface area (Å²) in [6, 6.07) is 10.00. The molecule has 1 saturated heterocycles. The van der Waals surface area contributed by atoms with Gasteiger partial charge in [-0.1, -0.05) is 17.7 Å². The van der Waals surface area contributed by atoms with E-state index in [4.69, 9.17) is 16.3 Å². The summed E-state index contributed by atoms with van der Waals surface area (Å²) in [6.45, 7) is 1.83. The molecule has 0 saturated carbocycles. The Morgan fingerprint density at radius 1 is 1.30 bits per heavy atom. The SMILES string of the molecule is N#CC1(CNc2cccc(-c3ccncc3Cl)n2)CCOCC1. The summed E-state index contributed by atoms with van der Waals surface area (Å²) in [7, 11) is 0. The van der Waals surface area contributed by atoms with Crippen LogP contribution >= 0.6 is 11.6 Å². The second kappa shape index (κ2) is 6.95. The molecule has 2 aromatic heterocycles. The first-order valence-electron chi connectivity index (χ1n) is 7.52. The van der Waals surface area contributed by atoms with Gasteiger partial charge in [-0.2, -0.15) is 5.26 Å². The number of hydrogen-bond donors (Lipinski definition) is 1. The van der Waals surface area contributed by atoms with Gasteiger partial charge in [-0.25, -0.2) is 4.98 Å². The molecule has 1 aliphatic rings. The van der Waals surface area contributed by atoms with Crippen LogP contribution in [0.15, 0.2) is 36.7 Å². The molecule has 0 amide bonds. The molecule has 23 heavy (non-hydrogen) atoms. The van der Waals surface area contributed by atoms with Crippen molar-refractivity contribution in [1.82, 2.24) is 9.97 Å². The van der Waals surface area contributed by atoms with E-state index in [0.29, 0.717) is 24.8 Å². The summed E-state index contributed by atoms with van der Waals surface area (Å²) in [6.07, 6.45) is 4.78. The van der Waals surface area contributed by atoms with Crippen molar-refractivity contribution in [2.75, 3.05) is 25.1 Å². The molecular weight excluding hydrogens is 312 g/mol. The van der Waals surface area contributed by atoms with Crippen molar-refractivity contribution in [2.45, 2.75) is 12.8 Å². The number of anilines is 1. The Morgan fingerprint density at radius 2 is 2.13 bits per heavy atom. The minimum Gasteiger partial charge on any atom is -0.381 e. The molecule has 5 nitrogen and oxygen atoms in total. The fourth-order valence-electron chi connectivity index (χ4n) is 2.62. The summed E-state index contributed by atoms with van der Waals surface area (Å²) < 4.78 is 5.35. The summed E-state index contributed by atoms with van der Waals surface area (Å²) in [5, 5.41) is 13.4. The van der Waals surface area contributed by atoms with E-state index in [1.54, 1.807) is 12.4 Å². The molecule has 0 radical (unpaired) electrons. The van der Waals surface area contributed by atoms with Crippen LogP contribution in [0, 0.1) is 16.7 Å². The van der Waals surface area contributed by atoms with Crippen molar-refractivity contribution in [1.29, 1.82) is 5.26 Å². The second-order valence-electron chi connectivity index (χ2n) is 5.62. The van der Waals surface area contributed by atoms with Crippen molar-refractivity contribution in [3.63, 3.8) is 0 Å². The van der Waals surface area contributed by atoms with Crippen LogP contribution in [0.2, 0.25) is 5.02 Å². The van der Waals surface area contributed by atoms with E-state index in [-0.39, 0.29) is 5.41 Å². The highest BCUT2D eigenvalue weighted by Gasteiger charge is 2.32. The van der Waals surface area contributed by atoms with Crippen LogP contribution in [0.3, 0.4) is 0 Å². The zero-order valence-electron chi connectivity index (χ0n) is 12.6. The van der Waals surface area contributed by atoms with Gasteiger partial charge in [0.05, 0.1) is 22.2 Å². The van der Waals surface area contributed by atoms with E-state index < -0.39 is 0 Å². The molecule has 1 aliphatic heterocycles. The largest absolute Gasteiger partial charge is 0.381 e. The molecule has 6 heteroatoms. The summed E-state index contributed by atoms with van der Waals surface area (Å²) in [5.41, 5.74) is 1.23. The highest BCUT2D eigenvalue weighted by atomic mass is 35.5. The molecule has 1 N–H and O–H groups in total. The summed E-state index contributed by atoms with van der Waals surface area (Å²) in [5.74, 6) is 0.733. The van der Waals surface area contributed by atoms with Gasteiger partial charge >= 0.3 is 0 Å². The zero-order chi connectivity index (χ0) is 16.1. The van der Waals surface area contributed by atoms with Gasteiger partial charge in [-0.05, 0) is 31.0 Å². The van der Waals surface area contributed by atoms with Crippen LogP contribution in [-0.2, 0) is 4.74 Å². The van der Waals surface area contributed by atoms with Crippen LogP contribution in [0.25, 0.3) is 11.3 Å². The Bertz CT molecular complexity index is 723. The Balaban J connectivity index is 1.76. The van der Waals surface area contributed by atoms with Crippen LogP contribution in [0.1, 0.15) is 12.8 Å². The van der Waals surface area contributed by atoms with Crippen LogP contribution in [0.4, 0.5) is 5.82 Å². The number of hydrogen-bond acceptors (Lipinski definition) is 5. The molecule has 0 unspecified atom stereocenters. The lowest BCUT2D eigenvalue weighted by Crippen LogP contribution is -2.34. The van der Waals surface area contributed by atoms with E-state index in [1.165, 1.54) is 0 Å². The maximum absolute atomic E-state index is 9.50. The Labute approximate surface area is 140 Å². The molecular formula is C17H17ClN4O. The summed E-state index contributed by atoms with van der Waals surface area (Å²) >= 11 is 6.17. The number of pyridine rings is 2. The van der Waals surface area contributed by atoms with Crippen LogP contribution in [-0.4, -0.2) is 29.7 Å². The quantitative estimate of drug-likeness (QED) is 0.929. The van der Waals surface area contributed by atoms with Crippen LogP contribution < -0.4 is 5.32 Å². The number of aromatic nitrogens is 2. The first kappa shape index (κ1) is 15.7. The van der Waals surface area contributed by atoms with Crippen molar-refractivity contribution >= 4 is 17.4 Å². The minimum absolute atomic E-state index is 0.385. The van der Waals surface area contributed by atoms with Gasteiger partial charge in [0, 0.05) is 37.7 Å². The van der Waals surface area contributed by atoms with Gasteiger partial charge in [0.25, 0.3) is 0 Å². The molecule has 0 spiro atoms. The number of nitrogens with one attached hydrogen (secondary N) is 1. The monoisotopic (exact) mass is 328 g/mol. The number of nitrogens with zero attached hydrogens (tertiary/aromatic N) is 3. The second-order valence-corrected chi connectivity index (χ2v) is 6.03. The number of ether oxygens (including phenoxy) is 1. The molecule has 0 bridgehead atoms. The minimum atomic E-state index is -0.385. The average Bonchev–Trinajstić information content (AvgIpc) is 2.61. The predicted molar refractivity (Wildman–Crippen MR) is 89.1 cm³/mol. The molecule has 0 aliphatic carbocycles. The van der Waals surface area contributed by atoms with Gasteiger partial charge in [-0.15, -0.1) is 0 Å². The first-order valence-corrected chi connectivity index (χ1v) is 7.90. The lowest BCUT2D eigenvalue weighted by Gasteiger charge is -2.30. The smallest absolute Gasteiger partial charge is 0.126 e. The van der Waals surface area contributed by atoms with Gasteiger partial charge in [0.15, 0.2) is 0 Å². The number of nitriles is 1. The van der Waals surface area contributed by atoms with E-state index >= 15 is 0 Å². The molecule has 0 aromatic carbocycles. The Morgan fingerprint density at radius 3 is 2.87 bits per heavy atom. The van der Waals surface area contributed by atoms with Crippen molar-refractivity contribution < 1.29 is 4.74 Å². The molecule has 118 valence electrons. The topological polar surface area (TPSA) is 70.8 Å². The molecule has 2 aromatic rings. The fraction of sp³-hybridized carbons (Fsp3) is 0.353. The number of rotatable bonds is 4. The lowest BCUT2D eigenvalue weighted by atomic mass is 9.82. The highest BCUT2D eigenvalue weighted by molar-refractivity contribution is 6.33. The fourth-order valence-corrected chi connectivity index (χ4v) is 2.83. The van der Waals surface area contributed by atoms with E-state index in [2.05, 4.69) is 21.4 Å². The van der Waals surface area contributed by atoms with E-state index in [0.717, 1.165) is 29.9 Å². The molecule has 1 fully saturated rings. The number of halogens is 1. The Kier molecular flexibility index (Phi) is 4.75. The van der Waals surface area contributed by atoms with Gasteiger partial charge in [-0.3, -0.25) is 4.98 Å². The lowest BCUT2D eigenvalue weighted by molar-refractivity contribution is 0.0456. The van der Waals surface area contributed by atoms with Gasteiger partial charge in [0.1, 0.15) is 5.82 Å². The van der Waals surface area contributed by atoms with E-state index in [9.17, 15) is 5.26 Å². The van der Waals surface area contributed by atoms with E-state index in [1.807, 2.05) is 24.3 Å². The van der Waals surface area contributed by atoms with Crippen molar-refractivity contribution in [3.8, 4) is 17.3 Å². The third kappa shape index (κ3) is 3.61. The van der Waals surface area contributed by atoms with Crippen LogP contribution in [0.5, 0.6) is 0 Å². The Hall–Kier alpha value is -2.16. The van der Waals surface area contributed by atoms with Gasteiger partial charge < -0.3 is 10.1 Å². The standard InChI is InChI=1S/C17H17ClN4O/c18-14-10-20-7-4-13(14)15-2-1-3-16(22-15)21-12-17(11-19)5-8-23-9-6-17/h1-4,7,10H,5-6,8-9,12H2,(H,21,22). The van der Waals surface area contributed by atoms with Crippen molar-refractivity contribution in [3.05, 3.63) is 41.7 Å². The maximum Gasteiger partial charge on any atom is 0.126 e. The maximum atomic E-state index is 9.50. The molecule has 0 atom stereocenters. The zero-order valence-corrected chi connectivity index (χ0v) is 13.4. The normalized spacial score (nSPS) is 16.5. The first-order chi connectivity index (χ1) is 11.2. The highest BCUT2D eigenvalue weighted by Crippen LogP contribution is 2.30. The van der Waals surface area contributed by atoms with Crippen molar-refractivity contribution in [2.24, 2.45) is 5.41 Å². The third-order valence-corrected chi connectivity index (χ3v) is 4.39. The predicted octanol–water partition coefficient (Wildman–Crippen LogP) is 3.53. The molecule has 3 rings (SSSR count).